The van der Waals surface area contributed by atoms with Crippen molar-refractivity contribution in [3.8, 4) is 0 Å². The van der Waals surface area contributed by atoms with Crippen LogP contribution >= 0.6 is 0 Å². The zero-order valence-corrected chi connectivity index (χ0v) is 12.1. The highest BCUT2D eigenvalue weighted by atomic mass is 19.1. The first-order valence-corrected chi connectivity index (χ1v) is 7.28. The first-order chi connectivity index (χ1) is 9.65. The van der Waals surface area contributed by atoms with Gasteiger partial charge in [0.2, 0.25) is 0 Å². The maximum absolute atomic E-state index is 12.8. The molecule has 1 aliphatic carbocycles. The van der Waals surface area contributed by atoms with Gasteiger partial charge in [-0.05, 0) is 50.9 Å². The molecule has 0 spiro atoms. The minimum absolute atomic E-state index is 0.148. The molecule has 0 aliphatic heterocycles. The molecule has 1 heterocycles. The predicted octanol–water partition coefficient (Wildman–Crippen LogP) is 1.97. The molecule has 0 aromatic carbocycles. The van der Waals surface area contributed by atoms with Crippen LogP contribution in [0, 0.1) is 11.7 Å². The van der Waals surface area contributed by atoms with Crippen LogP contribution in [-0.4, -0.2) is 43.2 Å². The lowest BCUT2D eigenvalue weighted by Gasteiger charge is -2.19. The maximum Gasteiger partial charge on any atom is 0.141 e. The second-order valence-electron chi connectivity index (χ2n) is 5.62. The Kier molecular flexibility index (Phi) is 5.88. The molecule has 1 unspecified atom stereocenters. The lowest BCUT2D eigenvalue weighted by molar-refractivity contribution is 0.103. The summed E-state index contributed by atoms with van der Waals surface area (Å²) in [7, 11) is 2.06. The lowest BCUT2D eigenvalue weighted by Crippen LogP contribution is -2.27. The Hall–Kier alpha value is -1.04. The summed E-state index contributed by atoms with van der Waals surface area (Å²) in [5.41, 5.74) is 6.79. The van der Waals surface area contributed by atoms with E-state index in [1.54, 1.807) is 6.07 Å². The fourth-order valence-electron chi connectivity index (χ4n) is 1.98. The minimum atomic E-state index is -0.328. The van der Waals surface area contributed by atoms with E-state index in [0.717, 1.165) is 44.3 Å². The SMILES string of the molecule is CN(CCOCC1CC1)CCC(N)c1ccc(F)cn1. The van der Waals surface area contributed by atoms with Crippen molar-refractivity contribution in [1.82, 2.24) is 9.88 Å². The van der Waals surface area contributed by atoms with Crippen LogP contribution in [0.1, 0.15) is 31.0 Å². The molecule has 1 aromatic rings. The van der Waals surface area contributed by atoms with E-state index >= 15 is 0 Å². The molecule has 2 N–H and O–H groups in total. The van der Waals surface area contributed by atoms with Gasteiger partial charge in [0.05, 0.1) is 18.5 Å². The number of pyridine rings is 1. The first kappa shape index (κ1) is 15.4. The van der Waals surface area contributed by atoms with Crippen molar-refractivity contribution in [2.24, 2.45) is 11.7 Å². The van der Waals surface area contributed by atoms with Crippen molar-refractivity contribution < 1.29 is 9.13 Å². The minimum Gasteiger partial charge on any atom is -0.380 e. The molecule has 1 atom stereocenters. The number of ether oxygens (including phenoxy) is 1. The zero-order chi connectivity index (χ0) is 14.4. The van der Waals surface area contributed by atoms with Gasteiger partial charge in [-0.15, -0.1) is 0 Å². The number of likely N-dealkylation sites (N-methyl/N-ethyl adjacent to an activating group) is 1. The molecular formula is C15H24FN3O. The van der Waals surface area contributed by atoms with Crippen molar-refractivity contribution in [1.29, 1.82) is 0 Å². The standard InChI is InChI=1S/C15H24FN3O/c1-19(8-9-20-11-12-2-3-12)7-6-14(17)15-5-4-13(16)10-18-15/h4-5,10,12,14H,2-3,6-9,11,17H2,1H3. The molecule has 0 radical (unpaired) electrons. The number of nitrogens with zero attached hydrogens (tertiary/aromatic N) is 2. The van der Waals surface area contributed by atoms with E-state index in [1.165, 1.54) is 25.1 Å². The maximum atomic E-state index is 12.8. The highest BCUT2D eigenvalue weighted by Gasteiger charge is 2.20. The lowest BCUT2D eigenvalue weighted by atomic mass is 10.1. The Morgan fingerprint density at radius 3 is 2.90 bits per heavy atom. The Morgan fingerprint density at radius 2 is 2.25 bits per heavy atom. The van der Waals surface area contributed by atoms with Gasteiger partial charge in [-0.25, -0.2) is 4.39 Å². The van der Waals surface area contributed by atoms with Crippen molar-refractivity contribution in [3.05, 3.63) is 29.8 Å². The third-order valence-corrected chi connectivity index (χ3v) is 3.62. The molecule has 5 heteroatoms. The van der Waals surface area contributed by atoms with Gasteiger partial charge in [-0.3, -0.25) is 4.98 Å². The van der Waals surface area contributed by atoms with Crippen LogP contribution in [0.2, 0.25) is 0 Å². The Morgan fingerprint density at radius 1 is 1.45 bits per heavy atom. The summed E-state index contributed by atoms with van der Waals surface area (Å²) in [5.74, 6) is 0.490. The van der Waals surface area contributed by atoms with Crippen LogP contribution in [0.4, 0.5) is 4.39 Å². The van der Waals surface area contributed by atoms with Crippen LogP contribution < -0.4 is 5.73 Å². The van der Waals surface area contributed by atoms with E-state index in [1.807, 2.05) is 0 Å². The molecule has 0 amide bonds. The van der Waals surface area contributed by atoms with Gasteiger partial charge in [-0.1, -0.05) is 0 Å². The van der Waals surface area contributed by atoms with E-state index in [9.17, 15) is 4.39 Å². The van der Waals surface area contributed by atoms with Gasteiger partial charge in [0.15, 0.2) is 0 Å². The van der Waals surface area contributed by atoms with Crippen molar-refractivity contribution in [2.45, 2.75) is 25.3 Å². The molecule has 0 bridgehead atoms. The molecule has 20 heavy (non-hydrogen) atoms. The summed E-state index contributed by atoms with van der Waals surface area (Å²) in [5, 5.41) is 0. The highest BCUT2D eigenvalue weighted by molar-refractivity contribution is 5.09. The number of rotatable bonds is 9. The Labute approximate surface area is 120 Å². The van der Waals surface area contributed by atoms with Crippen molar-refractivity contribution in [2.75, 3.05) is 33.4 Å². The monoisotopic (exact) mass is 281 g/mol. The van der Waals surface area contributed by atoms with Gasteiger partial charge in [0.25, 0.3) is 0 Å². The molecule has 1 aliphatic rings. The smallest absolute Gasteiger partial charge is 0.141 e. The summed E-state index contributed by atoms with van der Waals surface area (Å²) in [6.45, 7) is 3.48. The fraction of sp³-hybridized carbons (Fsp3) is 0.667. The first-order valence-electron chi connectivity index (χ1n) is 7.28. The van der Waals surface area contributed by atoms with Crippen molar-refractivity contribution in [3.63, 3.8) is 0 Å². The molecule has 112 valence electrons. The summed E-state index contributed by atoms with van der Waals surface area (Å²) in [6.07, 6.45) is 4.67. The molecule has 4 nitrogen and oxygen atoms in total. The van der Waals surface area contributed by atoms with E-state index in [2.05, 4.69) is 16.9 Å². The number of aromatic nitrogens is 1. The molecule has 1 aromatic heterocycles. The highest BCUT2D eigenvalue weighted by Crippen LogP contribution is 2.28. The van der Waals surface area contributed by atoms with E-state index in [0.29, 0.717) is 0 Å². The Bertz CT molecular complexity index is 395. The van der Waals surface area contributed by atoms with Gasteiger partial charge in [-0.2, -0.15) is 0 Å². The van der Waals surface area contributed by atoms with E-state index in [4.69, 9.17) is 10.5 Å². The van der Waals surface area contributed by atoms with E-state index in [-0.39, 0.29) is 11.9 Å². The average molecular weight is 281 g/mol. The predicted molar refractivity (Wildman–Crippen MR) is 76.8 cm³/mol. The summed E-state index contributed by atoms with van der Waals surface area (Å²) in [6, 6.07) is 2.90. The number of nitrogens with two attached hydrogens (primary N) is 1. The quantitative estimate of drug-likeness (QED) is 0.703. The van der Waals surface area contributed by atoms with Gasteiger partial charge < -0.3 is 15.4 Å². The van der Waals surface area contributed by atoms with Gasteiger partial charge >= 0.3 is 0 Å². The Balaban J connectivity index is 1.59. The van der Waals surface area contributed by atoms with Crippen LogP contribution in [0.3, 0.4) is 0 Å². The molecule has 2 rings (SSSR count). The van der Waals surface area contributed by atoms with Gasteiger partial charge in [0.1, 0.15) is 5.82 Å². The average Bonchev–Trinajstić information content (AvgIpc) is 3.26. The third kappa shape index (κ3) is 5.53. The molecule has 1 saturated carbocycles. The van der Waals surface area contributed by atoms with Crippen molar-refractivity contribution >= 4 is 0 Å². The second kappa shape index (κ2) is 7.67. The summed E-state index contributed by atoms with van der Waals surface area (Å²) < 4.78 is 18.4. The van der Waals surface area contributed by atoms with Crippen LogP contribution in [0.5, 0.6) is 0 Å². The third-order valence-electron chi connectivity index (χ3n) is 3.62. The number of hydrogen-bond acceptors (Lipinski definition) is 4. The number of hydrogen-bond donors (Lipinski definition) is 1. The van der Waals surface area contributed by atoms with Gasteiger partial charge in [0, 0.05) is 19.2 Å². The van der Waals surface area contributed by atoms with Crippen LogP contribution in [0.25, 0.3) is 0 Å². The number of halogens is 1. The summed E-state index contributed by atoms with van der Waals surface area (Å²) in [4.78, 5) is 6.22. The zero-order valence-electron chi connectivity index (χ0n) is 12.1. The van der Waals surface area contributed by atoms with Crippen LogP contribution in [0.15, 0.2) is 18.3 Å². The molecule has 0 saturated heterocycles. The summed E-state index contributed by atoms with van der Waals surface area (Å²) >= 11 is 0. The second-order valence-corrected chi connectivity index (χ2v) is 5.62. The molecule has 1 fully saturated rings. The normalized spacial score (nSPS) is 16.6. The molecular weight excluding hydrogens is 257 g/mol. The van der Waals surface area contributed by atoms with E-state index < -0.39 is 0 Å². The largest absolute Gasteiger partial charge is 0.380 e. The fourth-order valence-corrected chi connectivity index (χ4v) is 1.98. The van der Waals surface area contributed by atoms with Crippen LogP contribution in [-0.2, 0) is 4.74 Å². The topological polar surface area (TPSA) is 51.4 Å².